The van der Waals surface area contributed by atoms with Crippen LogP contribution in [0.2, 0.25) is 0 Å². The Balaban J connectivity index is 2.13. The van der Waals surface area contributed by atoms with E-state index in [2.05, 4.69) is 22.2 Å². The molecule has 0 radical (unpaired) electrons. The summed E-state index contributed by atoms with van der Waals surface area (Å²) in [5.74, 6) is 0.669. The van der Waals surface area contributed by atoms with Crippen molar-refractivity contribution >= 4 is 11.7 Å². The summed E-state index contributed by atoms with van der Waals surface area (Å²) in [5, 5.41) is 3.07. The summed E-state index contributed by atoms with van der Waals surface area (Å²) >= 11 is 0. The molecule has 1 amide bonds. The molecule has 1 saturated carbocycles. The zero-order chi connectivity index (χ0) is 13.0. The van der Waals surface area contributed by atoms with Crippen LogP contribution in [0.25, 0.3) is 0 Å². The molecule has 0 bridgehead atoms. The van der Waals surface area contributed by atoms with Crippen LogP contribution in [0.3, 0.4) is 0 Å². The monoisotopic (exact) mass is 248 g/mol. The summed E-state index contributed by atoms with van der Waals surface area (Å²) in [7, 11) is 0. The van der Waals surface area contributed by atoms with E-state index in [9.17, 15) is 4.79 Å². The summed E-state index contributed by atoms with van der Waals surface area (Å²) in [6.45, 7) is 5.65. The molecule has 0 atom stereocenters. The third kappa shape index (κ3) is 2.97. The second-order valence-electron chi connectivity index (χ2n) is 4.55. The highest BCUT2D eigenvalue weighted by Gasteiger charge is 2.33. The van der Waals surface area contributed by atoms with Crippen LogP contribution in [0.5, 0.6) is 0 Å². The number of nitrogens with zero attached hydrogens (tertiary/aromatic N) is 3. The number of hydrogen-bond acceptors (Lipinski definition) is 4. The van der Waals surface area contributed by atoms with Gasteiger partial charge in [0.15, 0.2) is 0 Å². The zero-order valence-electron chi connectivity index (χ0n) is 11.0. The van der Waals surface area contributed by atoms with Crippen LogP contribution in [-0.4, -0.2) is 39.9 Å². The first kappa shape index (κ1) is 12.8. The molecule has 18 heavy (non-hydrogen) atoms. The van der Waals surface area contributed by atoms with Gasteiger partial charge in [0.25, 0.3) is 5.91 Å². The first-order chi connectivity index (χ1) is 8.76. The molecule has 98 valence electrons. The number of rotatable bonds is 6. The van der Waals surface area contributed by atoms with Crippen LogP contribution in [0.4, 0.5) is 5.82 Å². The topological polar surface area (TPSA) is 58.1 Å². The highest BCUT2D eigenvalue weighted by molar-refractivity contribution is 5.92. The van der Waals surface area contributed by atoms with Gasteiger partial charge in [0, 0.05) is 19.1 Å². The van der Waals surface area contributed by atoms with Gasteiger partial charge in [-0.15, -0.1) is 0 Å². The number of carbonyl (C=O) groups is 1. The second-order valence-corrected chi connectivity index (χ2v) is 4.55. The fourth-order valence-electron chi connectivity index (χ4n) is 1.96. The first-order valence-corrected chi connectivity index (χ1v) is 6.63. The zero-order valence-corrected chi connectivity index (χ0v) is 11.0. The second kappa shape index (κ2) is 5.80. The summed E-state index contributed by atoms with van der Waals surface area (Å²) in [5.41, 5.74) is 0.439. The summed E-state index contributed by atoms with van der Waals surface area (Å²) in [6.07, 6.45) is 6.40. The third-order valence-corrected chi connectivity index (χ3v) is 2.92. The van der Waals surface area contributed by atoms with Gasteiger partial charge in [-0.1, -0.05) is 6.92 Å². The van der Waals surface area contributed by atoms with Crippen molar-refractivity contribution in [2.24, 2.45) is 0 Å². The molecule has 5 nitrogen and oxygen atoms in total. The van der Waals surface area contributed by atoms with Gasteiger partial charge in [0.1, 0.15) is 11.5 Å². The minimum Gasteiger partial charge on any atom is -0.369 e. The van der Waals surface area contributed by atoms with E-state index in [1.807, 2.05) is 11.8 Å². The van der Waals surface area contributed by atoms with Crippen molar-refractivity contribution in [3.8, 4) is 0 Å². The van der Waals surface area contributed by atoms with Crippen molar-refractivity contribution in [2.45, 2.75) is 39.2 Å². The summed E-state index contributed by atoms with van der Waals surface area (Å²) < 4.78 is 0. The highest BCUT2D eigenvalue weighted by Crippen LogP contribution is 2.28. The predicted molar refractivity (Wildman–Crippen MR) is 70.5 cm³/mol. The summed E-state index contributed by atoms with van der Waals surface area (Å²) in [4.78, 5) is 22.7. The lowest BCUT2D eigenvalue weighted by molar-refractivity contribution is 0.0737. The molecule has 0 unspecified atom stereocenters. The van der Waals surface area contributed by atoms with Crippen LogP contribution in [-0.2, 0) is 0 Å². The lowest BCUT2D eigenvalue weighted by Crippen LogP contribution is -2.34. The van der Waals surface area contributed by atoms with Gasteiger partial charge in [-0.25, -0.2) is 4.98 Å². The standard InChI is InChI=1S/C13H20N4O/c1-3-7-17(10-5-6-10)13(18)11-8-14-9-12(16-11)15-4-2/h8-10H,3-7H2,1-2H3,(H,15,16). The van der Waals surface area contributed by atoms with E-state index >= 15 is 0 Å². The van der Waals surface area contributed by atoms with Crippen LogP contribution < -0.4 is 5.32 Å². The molecule has 0 saturated heterocycles. The van der Waals surface area contributed by atoms with E-state index in [4.69, 9.17) is 0 Å². The molecule has 1 heterocycles. The Morgan fingerprint density at radius 3 is 2.83 bits per heavy atom. The van der Waals surface area contributed by atoms with Crippen molar-refractivity contribution < 1.29 is 4.79 Å². The minimum atomic E-state index is 0.00611. The maximum Gasteiger partial charge on any atom is 0.274 e. The van der Waals surface area contributed by atoms with Crippen molar-refractivity contribution in [3.63, 3.8) is 0 Å². The van der Waals surface area contributed by atoms with Crippen LogP contribution in [0.15, 0.2) is 12.4 Å². The average molecular weight is 248 g/mol. The molecule has 1 fully saturated rings. The maximum atomic E-state index is 12.4. The molecule has 0 aromatic carbocycles. The molecule has 0 aliphatic heterocycles. The first-order valence-electron chi connectivity index (χ1n) is 6.63. The van der Waals surface area contributed by atoms with Gasteiger partial charge < -0.3 is 10.2 Å². The maximum absolute atomic E-state index is 12.4. The molecule has 1 aromatic heterocycles. The van der Waals surface area contributed by atoms with E-state index in [-0.39, 0.29) is 5.91 Å². The Morgan fingerprint density at radius 2 is 2.22 bits per heavy atom. The Labute approximate surface area is 108 Å². The SMILES string of the molecule is CCCN(C(=O)c1cncc(NCC)n1)C1CC1. The van der Waals surface area contributed by atoms with Crippen molar-refractivity contribution in [1.29, 1.82) is 0 Å². The Bertz CT molecular complexity index is 417. The lowest BCUT2D eigenvalue weighted by Gasteiger charge is -2.21. The fourth-order valence-corrected chi connectivity index (χ4v) is 1.96. The quantitative estimate of drug-likeness (QED) is 0.835. The highest BCUT2D eigenvalue weighted by atomic mass is 16.2. The largest absolute Gasteiger partial charge is 0.369 e. The normalized spacial score (nSPS) is 14.3. The molecular weight excluding hydrogens is 228 g/mol. The van der Waals surface area contributed by atoms with E-state index in [1.165, 1.54) is 0 Å². The van der Waals surface area contributed by atoms with Gasteiger partial charge in [-0.3, -0.25) is 9.78 Å². The van der Waals surface area contributed by atoms with E-state index in [1.54, 1.807) is 12.4 Å². The van der Waals surface area contributed by atoms with Crippen LogP contribution >= 0.6 is 0 Å². The van der Waals surface area contributed by atoms with Gasteiger partial charge >= 0.3 is 0 Å². The Morgan fingerprint density at radius 1 is 1.44 bits per heavy atom. The third-order valence-electron chi connectivity index (χ3n) is 2.92. The van der Waals surface area contributed by atoms with Gasteiger partial charge in [-0.2, -0.15) is 0 Å². The molecule has 1 aliphatic rings. The number of hydrogen-bond donors (Lipinski definition) is 1. The van der Waals surface area contributed by atoms with Crippen molar-refractivity contribution in [1.82, 2.24) is 14.9 Å². The fraction of sp³-hybridized carbons (Fsp3) is 0.615. The number of nitrogens with one attached hydrogen (secondary N) is 1. The molecule has 1 aromatic rings. The molecular formula is C13H20N4O. The summed E-state index contributed by atoms with van der Waals surface area (Å²) in [6, 6.07) is 0.419. The Kier molecular flexibility index (Phi) is 4.12. The molecule has 5 heteroatoms. The number of carbonyl (C=O) groups excluding carboxylic acids is 1. The molecule has 0 spiro atoms. The van der Waals surface area contributed by atoms with Crippen LogP contribution in [0.1, 0.15) is 43.6 Å². The minimum absolute atomic E-state index is 0.00611. The molecule has 2 rings (SSSR count). The number of anilines is 1. The Hall–Kier alpha value is -1.65. The van der Waals surface area contributed by atoms with Gasteiger partial charge in [0.05, 0.1) is 12.4 Å². The number of aromatic nitrogens is 2. The number of amides is 1. The van der Waals surface area contributed by atoms with E-state index in [0.717, 1.165) is 32.4 Å². The van der Waals surface area contributed by atoms with Crippen molar-refractivity contribution in [2.75, 3.05) is 18.4 Å². The van der Waals surface area contributed by atoms with Crippen molar-refractivity contribution in [3.05, 3.63) is 18.1 Å². The molecule has 1 N–H and O–H groups in total. The van der Waals surface area contributed by atoms with Crippen LogP contribution in [0, 0.1) is 0 Å². The van der Waals surface area contributed by atoms with Gasteiger partial charge in [-0.05, 0) is 26.2 Å². The average Bonchev–Trinajstić information content (AvgIpc) is 3.20. The lowest BCUT2D eigenvalue weighted by atomic mass is 10.3. The smallest absolute Gasteiger partial charge is 0.274 e. The van der Waals surface area contributed by atoms with E-state index < -0.39 is 0 Å². The molecule has 1 aliphatic carbocycles. The van der Waals surface area contributed by atoms with Gasteiger partial charge in [0.2, 0.25) is 0 Å². The van der Waals surface area contributed by atoms with E-state index in [0.29, 0.717) is 17.6 Å². The predicted octanol–water partition coefficient (Wildman–Crippen LogP) is 1.92.